The average molecular weight is 255 g/mol. The summed E-state index contributed by atoms with van der Waals surface area (Å²) in [4.78, 5) is 0. The summed E-state index contributed by atoms with van der Waals surface area (Å²) in [6, 6.07) is 0.503. The minimum atomic E-state index is 0.197. The first-order valence-corrected chi connectivity index (χ1v) is 7.66. The van der Waals surface area contributed by atoms with Gasteiger partial charge in [0, 0.05) is 13.2 Å². The Balaban J connectivity index is 2.79. The predicted molar refractivity (Wildman–Crippen MR) is 78.8 cm³/mol. The number of hydrogen-bond donors (Lipinski definition) is 1. The first-order valence-electron chi connectivity index (χ1n) is 7.66. The summed E-state index contributed by atoms with van der Waals surface area (Å²) in [5.41, 5.74) is 0.197. The lowest BCUT2D eigenvalue weighted by molar-refractivity contribution is -0.0330. The highest BCUT2D eigenvalue weighted by Crippen LogP contribution is 2.36. The maximum atomic E-state index is 5.86. The first-order chi connectivity index (χ1) is 8.40. The van der Waals surface area contributed by atoms with E-state index in [1.54, 1.807) is 0 Å². The van der Waals surface area contributed by atoms with Crippen LogP contribution in [-0.4, -0.2) is 25.8 Å². The number of hydrogen-bond acceptors (Lipinski definition) is 2. The lowest BCUT2D eigenvalue weighted by atomic mass is 9.72. The number of methoxy groups -OCH3 is 1. The van der Waals surface area contributed by atoms with E-state index in [-0.39, 0.29) is 5.41 Å². The Morgan fingerprint density at radius 1 is 1.28 bits per heavy atom. The Morgan fingerprint density at radius 3 is 2.39 bits per heavy atom. The molecule has 4 unspecified atom stereocenters. The highest BCUT2D eigenvalue weighted by Gasteiger charge is 2.37. The fraction of sp³-hybridized carbons (Fsp3) is 1.00. The topological polar surface area (TPSA) is 21.3 Å². The first kappa shape index (κ1) is 16.0. The van der Waals surface area contributed by atoms with Crippen molar-refractivity contribution in [1.29, 1.82) is 0 Å². The molecular formula is C16H33NO. The van der Waals surface area contributed by atoms with Gasteiger partial charge in [0.2, 0.25) is 0 Å². The molecule has 0 aromatic carbocycles. The van der Waals surface area contributed by atoms with Gasteiger partial charge in [0.15, 0.2) is 0 Å². The van der Waals surface area contributed by atoms with Crippen LogP contribution < -0.4 is 5.32 Å². The Morgan fingerprint density at radius 2 is 1.94 bits per heavy atom. The Labute approximate surface area is 114 Å². The van der Waals surface area contributed by atoms with Crippen LogP contribution in [0.4, 0.5) is 0 Å². The molecule has 108 valence electrons. The zero-order valence-corrected chi connectivity index (χ0v) is 13.3. The largest absolute Gasteiger partial charge is 0.379 e. The van der Waals surface area contributed by atoms with Crippen LogP contribution in [-0.2, 0) is 4.74 Å². The van der Waals surface area contributed by atoms with E-state index in [4.69, 9.17) is 4.74 Å². The Kier molecular flexibility index (Phi) is 6.13. The molecule has 1 fully saturated rings. The molecular weight excluding hydrogens is 222 g/mol. The summed E-state index contributed by atoms with van der Waals surface area (Å²) in [7, 11) is 1.87. The van der Waals surface area contributed by atoms with Crippen LogP contribution in [0.3, 0.4) is 0 Å². The molecule has 2 nitrogen and oxygen atoms in total. The van der Waals surface area contributed by atoms with Gasteiger partial charge in [-0.05, 0) is 36.6 Å². The van der Waals surface area contributed by atoms with Gasteiger partial charge >= 0.3 is 0 Å². The smallest absolute Gasteiger partial charge is 0.0775 e. The van der Waals surface area contributed by atoms with E-state index in [9.17, 15) is 0 Å². The molecule has 0 amide bonds. The number of ether oxygens (including phenoxy) is 1. The summed E-state index contributed by atoms with van der Waals surface area (Å²) < 4.78 is 5.86. The minimum absolute atomic E-state index is 0.197. The molecule has 2 heteroatoms. The monoisotopic (exact) mass is 255 g/mol. The summed E-state index contributed by atoms with van der Waals surface area (Å²) in [6.45, 7) is 12.5. The molecule has 1 N–H and O–H groups in total. The van der Waals surface area contributed by atoms with Crippen molar-refractivity contribution < 1.29 is 4.74 Å². The molecule has 0 heterocycles. The van der Waals surface area contributed by atoms with Crippen molar-refractivity contribution in [2.24, 2.45) is 17.3 Å². The summed E-state index contributed by atoms with van der Waals surface area (Å²) in [6.07, 6.45) is 5.80. The highest BCUT2D eigenvalue weighted by molar-refractivity contribution is 4.92. The zero-order chi connectivity index (χ0) is 13.8. The molecule has 1 aliphatic rings. The highest BCUT2D eigenvalue weighted by atomic mass is 16.5. The van der Waals surface area contributed by atoms with Gasteiger partial charge in [0.1, 0.15) is 0 Å². The molecule has 0 aliphatic heterocycles. The quantitative estimate of drug-likeness (QED) is 0.805. The lowest BCUT2D eigenvalue weighted by Gasteiger charge is -2.42. The number of likely N-dealkylation sites (N-methyl/N-ethyl adjacent to an activating group) is 1. The van der Waals surface area contributed by atoms with Gasteiger partial charge < -0.3 is 10.1 Å². The summed E-state index contributed by atoms with van der Waals surface area (Å²) in [5.74, 6) is 1.65. The molecule has 18 heavy (non-hydrogen) atoms. The van der Waals surface area contributed by atoms with Gasteiger partial charge in [0.05, 0.1) is 6.10 Å². The van der Waals surface area contributed by atoms with Gasteiger partial charge in [-0.2, -0.15) is 0 Å². The van der Waals surface area contributed by atoms with Crippen LogP contribution in [0.2, 0.25) is 0 Å². The van der Waals surface area contributed by atoms with Crippen LogP contribution in [0.15, 0.2) is 0 Å². The molecule has 0 aromatic rings. The molecule has 0 spiro atoms. The van der Waals surface area contributed by atoms with Gasteiger partial charge in [-0.3, -0.25) is 0 Å². The molecule has 0 bridgehead atoms. The fourth-order valence-electron chi connectivity index (χ4n) is 3.60. The van der Waals surface area contributed by atoms with Crippen molar-refractivity contribution >= 4 is 0 Å². The molecule has 0 radical (unpaired) electrons. The SMILES string of the molecule is CCNC(C1CCCC(C)C1)C(OC)C(C)(C)C. The molecule has 0 aromatic heterocycles. The van der Waals surface area contributed by atoms with Crippen LogP contribution in [0, 0.1) is 17.3 Å². The third-order valence-corrected chi connectivity index (χ3v) is 4.36. The molecule has 1 saturated carbocycles. The van der Waals surface area contributed by atoms with Gasteiger partial charge in [0.25, 0.3) is 0 Å². The van der Waals surface area contributed by atoms with E-state index >= 15 is 0 Å². The van der Waals surface area contributed by atoms with Crippen molar-refractivity contribution in [2.75, 3.05) is 13.7 Å². The fourth-order valence-corrected chi connectivity index (χ4v) is 3.60. The van der Waals surface area contributed by atoms with Crippen LogP contribution in [0.1, 0.15) is 60.3 Å². The predicted octanol–water partition coefficient (Wildman–Crippen LogP) is 3.85. The van der Waals surface area contributed by atoms with E-state index < -0.39 is 0 Å². The van der Waals surface area contributed by atoms with Crippen molar-refractivity contribution in [3.63, 3.8) is 0 Å². The van der Waals surface area contributed by atoms with E-state index in [1.165, 1.54) is 25.7 Å². The van der Waals surface area contributed by atoms with Crippen molar-refractivity contribution in [3.05, 3.63) is 0 Å². The molecule has 0 saturated heterocycles. The van der Waals surface area contributed by atoms with E-state index in [1.807, 2.05) is 7.11 Å². The van der Waals surface area contributed by atoms with Crippen molar-refractivity contribution in [2.45, 2.75) is 72.4 Å². The standard InChI is InChI=1S/C16H33NO/c1-7-17-14(15(18-6)16(3,4)5)13-10-8-9-12(2)11-13/h12-15,17H,7-11H2,1-6H3. The Hall–Kier alpha value is -0.0800. The summed E-state index contributed by atoms with van der Waals surface area (Å²) in [5, 5.41) is 3.71. The third-order valence-electron chi connectivity index (χ3n) is 4.36. The third kappa shape index (κ3) is 4.24. The normalized spacial score (nSPS) is 29.0. The lowest BCUT2D eigenvalue weighted by Crippen LogP contribution is -2.52. The number of rotatable bonds is 5. The second kappa shape index (κ2) is 6.91. The number of nitrogens with one attached hydrogen (secondary N) is 1. The van der Waals surface area contributed by atoms with Crippen LogP contribution in [0.25, 0.3) is 0 Å². The van der Waals surface area contributed by atoms with Crippen LogP contribution >= 0.6 is 0 Å². The Bertz CT molecular complexity index is 234. The van der Waals surface area contributed by atoms with Crippen molar-refractivity contribution in [3.8, 4) is 0 Å². The maximum Gasteiger partial charge on any atom is 0.0775 e. The molecule has 4 atom stereocenters. The van der Waals surface area contributed by atoms with E-state index in [0.29, 0.717) is 12.1 Å². The van der Waals surface area contributed by atoms with Gasteiger partial charge in [-0.1, -0.05) is 47.5 Å². The minimum Gasteiger partial charge on any atom is -0.379 e. The van der Waals surface area contributed by atoms with E-state index in [0.717, 1.165) is 18.4 Å². The second-order valence-corrected chi connectivity index (χ2v) is 7.14. The van der Waals surface area contributed by atoms with Gasteiger partial charge in [-0.15, -0.1) is 0 Å². The zero-order valence-electron chi connectivity index (χ0n) is 13.3. The van der Waals surface area contributed by atoms with Crippen LogP contribution in [0.5, 0.6) is 0 Å². The molecule has 1 rings (SSSR count). The maximum absolute atomic E-state index is 5.86. The summed E-state index contributed by atoms with van der Waals surface area (Å²) >= 11 is 0. The average Bonchev–Trinajstić information content (AvgIpc) is 2.27. The second-order valence-electron chi connectivity index (χ2n) is 7.14. The van der Waals surface area contributed by atoms with E-state index in [2.05, 4.69) is 39.9 Å². The van der Waals surface area contributed by atoms with Crippen molar-refractivity contribution in [1.82, 2.24) is 5.32 Å². The van der Waals surface area contributed by atoms with Gasteiger partial charge in [-0.25, -0.2) is 0 Å². The molecule has 1 aliphatic carbocycles.